The Kier molecular flexibility index (Phi) is 5.98. The Hall–Kier alpha value is -1.92. The van der Waals surface area contributed by atoms with Crippen LogP contribution in [0, 0.1) is 6.92 Å². The van der Waals surface area contributed by atoms with E-state index in [0.717, 1.165) is 5.56 Å². The topological polar surface area (TPSA) is 104 Å². The van der Waals surface area contributed by atoms with Gasteiger partial charge in [-0.2, -0.15) is 0 Å². The van der Waals surface area contributed by atoms with Gasteiger partial charge in [-0.3, -0.25) is 9.59 Å². The zero-order chi connectivity index (χ0) is 14.3. The van der Waals surface area contributed by atoms with E-state index in [9.17, 15) is 9.59 Å². The number of carbonyl (C=O) groups is 2. The molecule has 0 spiro atoms. The molecule has 104 valence electrons. The Balaban J connectivity index is 2.52. The van der Waals surface area contributed by atoms with E-state index >= 15 is 0 Å². The molecule has 1 amide bonds. The lowest BCUT2D eigenvalue weighted by Gasteiger charge is -2.13. The molecule has 5 N–H and O–H groups in total. The minimum atomic E-state index is -1.06. The van der Waals surface area contributed by atoms with E-state index in [-0.39, 0.29) is 12.3 Å². The molecule has 0 bridgehead atoms. The average Bonchev–Trinajstić information content (AvgIpc) is 2.37. The molecule has 0 saturated heterocycles. The number of hydrogen-bond donors (Lipinski definition) is 4. The summed E-state index contributed by atoms with van der Waals surface area (Å²) in [6.07, 6.45) is -0.136. The second-order valence-corrected chi connectivity index (χ2v) is 4.25. The molecule has 1 aromatic carbocycles. The van der Waals surface area contributed by atoms with Gasteiger partial charge in [0.2, 0.25) is 5.91 Å². The molecule has 0 heterocycles. The molecule has 1 atom stereocenters. The lowest BCUT2D eigenvalue weighted by molar-refractivity contribution is -0.141. The molecule has 0 aliphatic heterocycles. The van der Waals surface area contributed by atoms with Gasteiger partial charge in [0.25, 0.3) is 0 Å². The summed E-state index contributed by atoms with van der Waals surface area (Å²) in [5.41, 5.74) is 7.03. The number of benzene rings is 1. The molecule has 1 rings (SSSR count). The van der Waals surface area contributed by atoms with Crippen LogP contribution in [0.3, 0.4) is 0 Å². The lowest BCUT2D eigenvalue weighted by atomic mass is 10.2. The smallest absolute Gasteiger partial charge is 0.321 e. The number of amides is 1. The number of aryl methyl sites for hydroxylation is 1. The highest BCUT2D eigenvalue weighted by Crippen LogP contribution is 2.09. The minimum absolute atomic E-state index is 0.136. The third-order valence-electron chi connectivity index (χ3n) is 2.56. The minimum Gasteiger partial charge on any atom is -0.480 e. The zero-order valence-electron chi connectivity index (χ0n) is 10.8. The van der Waals surface area contributed by atoms with E-state index in [2.05, 4.69) is 10.6 Å². The van der Waals surface area contributed by atoms with Crippen molar-refractivity contribution in [2.45, 2.75) is 19.4 Å². The van der Waals surface area contributed by atoms with E-state index in [1.807, 2.05) is 19.1 Å². The number of carboxylic acid groups (broad SMARTS) is 1. The molecular weight excluding hydrogens is 246 g/mol. The first-order valence-electron chi connectivity index (χ1n) is 6.05. The molecule has 6 nitrogen and oxygen atoms in total. The van der Waals surface area contributed by atoms with Gasteiger partial charge in [-0.25, -0.2) is 0 Å². The number of hydrogen-bond acceptors (Lipinski definition) is 4. The Labute approximate surface area is 112 Å². The maximum absolute atomic E-state index is 11.7. The van der Waals surface area contributed by atoms with Crippen LogP contribution in [0.25, 0.3) is 0 Å². The fourth-order valence-electron chi connectivity index (χ4n) is 1.54. The molecule has 19 heavy (non-hydrogen) atoms. The maximum atomic E-state index is 11.7. The third-order valence-corrected chi connectivity index (χ3v) is 2.56. The average molecular weight is 265 g/mol. The molecule has 6 heteroatoms. The third kappa shape index (κ3) is 5.50. The van der Waals surface area contributed by atoms with Crippen molar-refractivity contribution in [2.75, 3.05) is 18.4 Å². The van der Waals surface area contributed by atoms with Gasteiger partial charge in [-0.1, -0.05) is 17.7 Å². The van der Waals surface area contributed by atoms with E-state index < -0.39 is 12.0 Å². The van der Waals surface area contributed by atoms with Crippen LogP contribution in [0.1, 0.15) is 12.0 Å². The van der Waals surface area contributed by atoms with Gasteiger partial charge in [-0.15, -0.1) is 0 Å². The van der Waals surface area contributed by atoms with Crippen molar-refractivity contribution < 1.29 is 14.7 Å². The van der Waals surface area contributed by atoms with Crippen LogP contribution >= 0.6 is 0 Å². The van der Waals surface area contributed by atoms with Crippen molar-refractivity contribution in [3.8, 4) is 0 Å². The highest BCUT2D eigenvalue weighted by atomic mass is 16.4. The van der Waals surface area contributed by atoms with Gasteiger partial charge < -0.3 is 21.5 Å². The number of rotatable bonds is 7. The molecule has 1 unspecified atom stereocenters. The van der Waals surface area contributed by atoms with Crippen molar-refractivity contribution in [2.24, 2.45) is 5.73 Å². The van der Waals surface area contributed by atoms with Crippen LogP contribution in [0.4, 0.5) is 5.69 Å². The van der Waals surface area contributed by atoms with Gasteiger partial charge in [0.15, 0.2) is 0 Å². The van der Waals surface area contributed by atoms with E-state index in [1.54, 1.807) is 12.1 Å². The first-order chi connectivity index (χ1) is 9.02. The van der Waals surface area contributed by atoms with E-state index in [1.165, 1.54) is 0 Å². The zero-order valence-corrected chi connectivity index (χ0v) is 10.8. The Morgan fingerprint density at radius 2 is 1.95 bits per heavy atom. The summed E-state index contributed by atoms with van der Waals surface area (Å²) < 4.78 is 0. The molecule has 0 aliphatic rings. The van der Waals surface area contributed by atoms with Gasteiger partial charge in [0, 0.05) is 18.8 Å². The highest BCUT2D eigenvalue weighted by molar-refractivity contribution is 5.94. The predicted molar refractivity (Wildman–Crippen MR) is 72.9 cm³/mol. The largest absolute Gasteiger partial charge is 0.480 e. The molecule has 0 fully saturated rings. The summed E-state index contributed by atoms with van der Waals surface area (Å²) in [5, 5.41) is 14.3. The normalized spacial score (nSPS) is 11.9. The van der Waals surface area contributed by atoms with Crippen LogP contribution in [-0.4, -0.2) is 36.1 Å². The second kappa shape index (κ2) is 7.50. The van der Waals surface area contributed by atoms with Crippen molar-refractivity contribution in [3.05, 3.63) is 29.8 Å². The fourth-order valence-corrected chi connectivity index (χ4v) is 1.54. The summed E-state index contributed by atoms with van der Waals surface area (Å²) >= 11 is 0. The Bertz CT molecular complexity index is 431. The summed E-state index contributed by atoms with van der Waals surface area (Å²) in [6, 6.07) is 6.37. The number of carboxylic acids is 1. The van der Waals surface area contributed by atoms with Crippen molar-refractivity contribution in [3.63, 3.8) is 0 Å². The quantitative estimate of drug-likeness (QED) is 0.568. The Morgan fingerprint density at radius 1 is 1.32 bits per heavy atom. The number of aliphatic carboxylic acids is 1. The van der Waals surface area contributed by atoms with Crippen molar-refractivity contribution in [1.29, 1.82) is 0 Å². The van der Waals surface area contributed by atoms with Gasteiger partial charge in [0.1, 0.15) is 6.04 Å². The van der Waals surface area contributed by atoms with Crippen molar-refractivity contribution in [1.82, 2.24) is 5.32 Å². The molecule has 0 radical (unpaired) electrons. The predicted octanol–water partition coefficient (Wildman–Crippen LogP) is 0.325. The number of carbonyl (C=O) groups excluding carboxylic acids is 1. The number of nitrogens with one attached hydrogen (secondary N) is 2. The SMILES string of the molecule is Cc1ccc(NC(=O)CC(NCCN)C(=O)O)cc1. The summed E-state index contributed by atoms with van der Waals surface area (Å²) in [7, 11) is 0. The highest BCUT2D eigenvalue weighted by Gasteiger charge is 2.20. The summed E-state index contributed by atoms with van der Waals surface area (Å²) in [5.74, 6) is -1.41. The summed E-state index contributed by atoms with van der Waals surface area (Å²) in [4.78, 5) is 22.7. The molecule has 0 saturated carbocycles. The van der Waals surface area contributed by atoms with Gasteiger partial charge >= 0.3 is 5.97 Å². The molecular formula is C13H19N3O3. The van der Waals surface area contributed by atoms with Crippen molar-refractivity contribution >= 4 is 17.6 Å². The maximum Gasteiger partial charge on any atom is 0.321 e. The number of nitrogens with two attached hydrogens (primary N) is 1. The molecule has 0 aliphatic carbocycles. The van der Waals surface area contributed by atoms with E-state index in [0.29, 0.717) is 18.8 Å². The van der Waals surface area contributed by atoms with Crippen LogP contribution in [-0.2, 0) is 9.59 Å². The molecule has 0 aromatic heterocycles. The second-order valence-electron chi connectivity index (χ2n) is 4.25. The standard InChI is InChI=1S/C13H19N3O3/c1-9-2-4-10(5-3-9)16-12(17)8-11(13(18)19)15-7-6-14/h2-5,11,15H,6-8,14H2,1H3,(H,16,17)(H,18,19). The van der Waals surface area contributed by atoms with Crippen LogP contribution < -0.4 is 16.4 Å². The fraction of sp³-hybridized carbons (Fsp3) is 0.385. The Morgan fingerprint density at radius 3 is 2.47 bits per heavy atom. The van der Waals surface area contributed by atoms with Crippen LogP contribution in [0.5, 0.6) is 0 Å². The van der Waals surface area contributed by atoms with Gasteiger partial charge in [0.05, 0.1) is 6.42 Å². The van der Waals surface area contributed by atoms with E-state index in [4.69, 9.17) is 10.8 Å². The summed E-state index contributed by atoms with van der Waals surface area (Å²) in [6.45, 7) is 2.63. The van der Waals surface area contributed by atoms with Gasteiger partial charge in [-0.05, 0) is 19.1 Å². The molecule has 1 aromatic rings. The first-order valence-corrected chi connectivity index (χ1v) is 6.05. The lowest BCUT2D eigenvalue weighted by Crippen LogP contribution is -2.41. The monoisotopic (exact) mass is 265 g/mol. The van der Waals surface area contributed by atoms with Crippen LogP contribution in [0.15, 0.2) is 24.3 Å². The first kappa shape index (κ1) is 15.1. The number of anilines is 1. The van der Waals surface area contributed by atoms with Crippen LogP contribution in [0.2, 0.25) is 0 Å².